The van der Waals surface area contributed by atoms with Gasteiger partial charge >= 0.3 is 0 Å². The number of nitrogen functional groups attached to an aromatic ring is 1. The quantitative estimate of drug-likeness (QED) is 0.0436. The zero-order valence-corrected chi connectivity index (χ0v) is 20.5. The first-order chi connectivity index (χ1) is 16.2. The number of nitrogens with two attached hydrogens (primary N) is 1. The Bertz CT molecular complexity index is 1380. The summed E-state index contributed by atoms with van der Waals surface area (Å²) in [6.45, 7) is -0.287. The number of nitrogens with one attached hydrogen (secondary N) is 1. The summed E-state index contributed by atoms with van der Waals surface area (Å²) in [7, 11) is -13.0. The van der Waals surface area contributed by atoms with Crippen LogP contribution >= 0.6 is 12.3 Å². The summed E-state index contributed by atoms with van der Waals surface area (Å²) in [5, 5.41) is 21.1. The molecule has 6 N–H and O–H groups in total. The van der Waals surface area contributed by atoms with E-state index in [-0.39, 0.29) is 40.9 Å². The Kier molecular flexibility index (Phi) is 9.91. The molecule has 0 unspecified atom stereocenters. The highest BCUT2D eigenvalue weighted by Crippen LogP contribution is 2.34. The molecular weight excluding hydrogens is 556 g/mol. The molecule has 0 aliphatic heterocycles. The maximum absolute atomic E-state index is 12.3. The lowest BCUT2D eigenvalue weighted by Gasteiger charge is -2.11. The van der Waals surface area contributed by atoms with Crippen LogP contribution in [0.5, 0.6) is 0 Å². The minimum Gasteiger partial charge on any atom is -0.398 e. The molecule has 0 aliphatic carbocycles. The zero-order valence-electron chi connectivity index (χ0n) is 17.2. The highest BCUT2D eigenvalue weighted by Gasteiger charge is 2.19. The van der Waals surface area contributed by atoms with Crippen LogP contribution in [-0.4, -0.2) is 57.9 Å². The van der Waals surface area contributed by atoms with Gasteiger partial charge in [-0.3, -0.25) is 13.3 Å². The number of hydrogen-bond acceptors (Lipinski definition) is 15. The molecule has 0 bridgehead atoms. The number of benzene rings is 2. The van der Waals surface area contributed by atoms with Gasteiger partial charge in [-0.15, -0.1) is 9.45 Å². The largest absolute Gasteiger partial charge is 0.398 e. The van der Waals surface area contributed by atoms with Crippen molar-refractivity contribution in [2.45, 2.75) is 9.79 Å². The monoisotopic (exact) mass is 574 g/mol. The van der Waals surface area contributed by atoms with Gasteiger partial charge in [0.15, 0.2) is 22.2 Å². The predicted octanol–water partition coefficient (Wildman–Crippen LogP) is 1.96. The van der Waals surface area contributed by atoms with E-state index in [1.807, 2.05) is 0 Å². The average molecular weight is 575 g/mol. The highest BCUT2D eigenvalue weighted by molar-refractivity contribution is 7.91. The molecule has 194 valence electrons. The lowest BCUT2D eigenvalue weighted by molar-refractivity contribution is -0.434. The first-order valence-corrected chi connectivity index (χ1v) is 14.2. The fourth-order valence-corrected chi connectivity index (χ4v) is 4.73. The zero-order chi connectivity index (χ0) is 26.3. The van der Waals surface area contributed by atoms with Gasteiger partial charge in [0, 0.05) is 0 Å². The first kappa shape index (κ1) is 28.8. The van der Waals surface area contributed by atoms with E-state index in [4.69, 9.17) is 19.7 Å². The van der Waals surface area contributed by atoms with E-state index < -0.39 is 52.3 Å². The summed E-state index contributed by atoms with van der Waals surface area (Å²) in [6, 6.07) is 6.78. The first-order valence-electron chi connectivity index (χ1n) is 8.84. The molecule has 0 heterocycles. The third-order valence-corrected chi connectivity index (χ3v) is 7.35. The normalized spacial score (nSPS) is 12.8. The third-order valence-electron chi connectivity index (χ3n) is 3.86. The highest BCUT2D eigenvalue weighted by atomic mass is 32.2. The lowest BCUT2D eigenvalue weighted by Crippen LogP contribution is -2.13. The van der Waals surface area contributed by atoms with Gasteiger partial charge in [-0.2, -0.15) is 21.9 Å². The maximum atomic E-state index is 12.3. The van der Waals surface area contributed by atoms with Crippen LogP contribution in [-0.2, 0) is 43.6 Å². The van der Waals surface area contributed by atoms with Gasteiger partial charge < -0.3 is 11.1 Å². The second-order valence-corrected chi connectivity index (χ2v) is 11.8. The summed E-state index contributed by atoms with van der Waals surface area (Å²) in [6.07, 6.45) is 0. The molecule has 35 heavy (non-hydrogen) atoms. The molecular formula is C15H18N4O12S4. The molecule has 16 nitrogen and oxygen atoms in total. The standard InChI is InChI=1S/C15H18N4O12S4/c16-12-7-13(17-9-34(23,24)25)14(8-15(12)35(26,27)28)19-18-10-1-3-11(4-2-10)33(21,22)6-5-29-32-31-30-20/h1-4,7-8,17,20H,5-6,9,16H2,(H,23,24,25)(H,26,27,28). The number of rotatable bonds is 13. The van der Waals surface area contributed by atoms with Gasteiger partial charge in [-0.25, -0.2) is 13.7 Å². The van der Waals surface area contributed by atoms with Crippen molar-refractivity contribution in [1.29, 1.82) is 0 Å². The second-order valence-electron chi connectivity index (χ2n) is 6.33. The van der Waals surface area contributed by atoms with Crippen LogP contribution in [0.15, 0.2) is 56.4 Å². The fourth-order valence-electron chi connectivity index (χ4n) is 2.36. The molecule has 0 saturated heterocycles. The van der Waals surface area contributed by atoms with Crippen LogP contribution in [0.2, 0.25) is 0 Å². The van der Waals surface area contributed by atoms with Gasteiger partial charge in [-0.05, 0) is 36.4 Å². The molecule has 0 fully saturated rings. The molecule has 0 amide bonds. The van der Waals surface area contributed by atoms with Crippen molar-refractivity contribution in [3.05, 3.63) is 36.4 Å². The Morgan fingerprint density at radius 3 is 2.23 bits per heavy atom. The topological polar surface area (TPSA) is 254 Å². The Labute approximate surface area is 203 Å². The summed E-state index contributed by atoms with van der Waals surface area (Å²) in [4.78, 5) is -0.803. The van der Waals surface area contributed by atoms with E-state index in [0.717, 1.165) is 12.1 Å². The smallest absolute Gasteiger partial charge is 0.296 e. The predicted molar refractivity (Wildman–Crippen MR) is 122 cm³/mol. The van der Waals surface area contributed by atoms with Crippen molar-refractivity contribution in [3.8, 4) is 0 Å². The number of azo groups is 1. The van der Waals surface area contributed by atoms with Crippen LogP contribution in [0.4, 0.5) is 22.7 Å². The van der Waals surface area contributed by atoms with Crippen LogP contribution in [0.3, 0.4) is 0 Å². The summed E-state index contributed by atoms with van der Waals surface area (Å²) < 4.78 is 96.5. The van der Waals surface area contributed by atoms with Gasteiger partial charge in [0.05, 0.1) is 34.3 Å². The van der Waals surface area contributed by atoms with Gasteiger partial charge in [0.25, 0.3) is 20.2 Å². The van der Waals surface area contributed by atoms with Crippen molar-refractivity contribution in [1.82, 2.24) is 0 Å². The van der Waals surface area contributed by atoms with Crippen molar-refractivity contribution >= 4 is 65.1 Å². The number of anilines is 2. The van der Waals surface area contributed by atoms with Crippen molar-refractivity contribution in [2.75, 3.05) is 29.3 Å². The molecule has 20 heteroatoms. The van der Waals surface area contributed by atoms with E-state index in [9.17, 15) is 29.8 Å². The molecule has 2 aromatic rings. The third kappa shape index (κ3) is 9.29. The fraction of sp³-hybridized carbons (Fsp3) is 0.200. The van der Waals surface area contributed by atoms with Crippen molar-refractivity contribution in [3.63, 3.8) is 0 Å². The second kappa shape index (κ2) is 12.0. The maximum Gasteiger partial charge on any atom is 0.296 e. The van der Waals surface area contributed by atoms with Crippen LogP contribution in [0.1, 0.15) is 0 Å². The summed E-state index contributed by atoms with van der Waals surface area (Å²) >= 11 is 0.228. The molecule has 2 rings (SSSR count). The molecule has 0 aliphatic rings. The summed E-state index contributed by atoms with van der Waals surface area (Å²) in [5.74, 6) is -1.39. The molecule has 0 radical (unpaired) electrons. The molecule has 0 aromatic heterocycles. The number of hydrogen-bond donors (Lipinski definition) is 5. The Morgan fingerprint density at radius 2 is 1.66 bits per heavy atom. The van der Waals surface area contributed by atoms with E-state index in [0.29, 0.717) is 0 Å². The van der Waals surface area contributed by atoms with Crippen LogP contribution in [0, 0.1) is 0 Å². The van der Waals surface area contributed by atoms with Gasteiger partial charge in [0.2, 0.25) is 0 Å². The van der Waals surface area contributed by atoms with Crippen molar-refractivity contribution in [2.24, 2.45) is 10.2 Å². The Balaban J connectivity index is 2.27. The molecule has 0 spiro atoms. The minimum absolute atomic E-state index is 0.0824. The van der Waals surface area contributed by atoms with Crippen LogP contribution in [0.25, 0.3) is 0 Å². The average Bonchev–Trinajstić information content (AvgIpc) is 2.75. The van der Waals surface area contributed by atoms with E-state index in [1.165, 1.54) is 24.3 Å². The SMILES string of the molecule is Nc1cc(NCS(=O)(=O)O)c(N=Nc2ccc(S(=O)(=O)CCOSOOO)cc2)cc1S(=O)(=O)O. The minimum atomic E-state index is -4.76. The number of nitrogens with zero attached hydrogens (tertiary/aromatic N) is 2. The van der Waals surface area contributed by atoms with Crippen molar-refractivity contribution < 1.29 is 53.2 Å². The van der Waals surface area contributed by atoms with Gasteiger partial charge in [0.1, 0.15) is 16.5 Å². The Morgan fingerprint density at radius 1 is 1.00 bits per heavy atom. The van der Waals surface area contributed by atoms with Gasteiger partial charge in [-0.1, -0.05) is 5.04 Å². The number of sulfone groups is 1. The van der Waals surface area contributed by atoms with Crippen LogP contribution < -0.4 is 11.1 Å². The van der Waals surface area contributed by atoms with E-state index >= 15 is 0 Å². The Hall–Kier alpha value is -2.40. The lowest BCUT2D eigenvalue weighted by atomic mass is 10.2. The molecule has 0 saturated carbocycles. The van der Waals surface area contributed by atoms with E-state index in [2.05, 4.69) is 24.9 Å². The summed E-state index contributed by atoms with van der Waals surface area (Å²) in [5.41, 5.74) is 4.87. The van der Waals surface area contributed by atoms with E-state index in [1.54, 1.807) is 0 Å². The molecule has 0 atom stereocenters. The molecule has 2 aromatic carbocycles.